The first-order valence-corrected chi connectivity index (χ1v) is 5.90. The maximum atomic E-state index is 10.9. The molecule has 0 spiro atoms. The number of esters is 1. The van der Waals surface area contributed by atoms with Gasteiger partial charge in [-0.1, -0.05) is 0 Å². The number of hydrogen-bond acceptors (Lipinski definition) is 4. The molecular formula is C12H23NO4. The van der Waals surface area contributed by atoms with Gasteiger partial charge in [0.1, 0.15) is 0 Å². The van der Waals surface area contributed by atoms with Crippen LogP contribution in [0.4, 0.5) is 0 Å². The Morgan fingerprint density at radius 1 is 1.59 bits per heavy atom. The van der Waals surface area contributed by atoms with E-state index >= 15 is 0 Å². The maximum Gasteiger partial charge on any atom is 0.306 e. The van der Waals surface area contributed by atoms with E-state index in [-0.39, 0.29) is 24.1 Å². The van der Waals surface area contributed by atoms with Crippen LogP contribution in [0.15, 0.2) is 0 Å². The second-order valence-electron chi connectivity index (χ2n) is 4.52. The van der Waals surface area contributed by atoms with Crippen molar-refractivity contribution in [2.75, 3.05) is 14.1 Å². The van der Waals surface area contributed by atoms with Crippen LogP contribution in [0.3, 0.4) is 0 Å². The lowest BCUT2D eigenvalue weighted by Crippen LogP contribution is -2.22. The summed E-state index contributed by atoms with van der Waals surface area (Å²) >= 11 is 0. The zero-order valence-electron chi connectivity index (χ0n) is 11.1. The van der Waals surface area contributed by atoms with Crippen molar-refractivity contribution in [1.82, 2.24) is 4.90 Å². The third-order valence-electron chi connectivity index (χ3n) is 2.36. The summed E-state index contributed by atoms with van der Waals surface area (Å²) in [5.41, 5.74) is 0. The Morgan fingerprint density at radius 2 is 2.18 bits per heavy atom. The van der Waals surface area contributed by atoms with Crippen molar-refractivity contribution >= 4 is 11.9 Å². The quantitative estimate of drug-likeness (QED) is 0.752. The Labute approximate surface area is 103 Å². The molecule has 0 aromatic rings. The van der Waals surface area contributed by atoms with Gasteiger partial charge in [0.05, 0.1) is 12.2 Å². The number of aliphatic hydroxyl groups is 1. The van der Waals surface area contributed by atoms with E-state index in [0.29, 0.717) is 19.3 Å². The summed E-state index contributed by atoms with van der Waals surface area (Å²) in [6.45, 7) is 3.59. The first-order valence-electron chi connectivity index (χ1n) is 5.90. The summed E-state index contributed by atoms with van der Waals surface area (Å²) in [6.07, 6.45) is 2.30. The van der Waals surface area contributed by atoms with E-state index in [1.54, 1.807) is 21.0 Å². The molecule has 1 rings (SSSR count). The number of amides is 1. The van der Waals surface area contributed by atoms with Gasteiger partial charge in [-0.25, -0.2) is 0 Å². The van der Waals surface area contributed by atoms with Gasteiger partial charge in [0.2, 0.25) is 5.91 Å². The van der Waals surface area contributed by atoms with Gasteiger partial charge in [0.25, 0.3) is 0 Å². The minimum atomic E-state index is -0.371. The fourth-order valence-corrected chi connectivity index (χ4v) is 1.22. The van der Waals surface area contributed by atoms with Crippen molar-refractivity contribution in [3.63, 3.8) is 0 Å². The van der Waals surface area contributed by atoms with E-state index in [1.807, 2.05) is 6.92 Å². The van der Waals surface area contributed by atoms with Gasteiger partial charge >= 0.3 is 5.97 Å². The predicted octanol–water partition coefficient (Wildman–Crippen LogP) is 0.948. The number of carbonyl (C=O) groups is 2. The molecule has 1 saturated heterocycles. The van der Waals surface area contributed by atoms with Gasteiger partial charge in [-0.05, 0) is 26.7 Å². The highest BCUT2D eigenvalue weighted by atomic mass is 16.5. The number of ether oxygens (including phenoxy) is 1. The lowest BCUT2D eigenvalue weighted by Gasteiger charge is -2.10. The predicted molar refractivity (Wildman–Crippen MR) is 64.4 cm³/mol. The highest BCUT2D eigenvalue weighted by Crippen LogP contribution is 2.11. The largest absolute Gasteiger partial charge is 0.463 e. The smallest absolute Gasteiger partial charge is 0.306 e. The Hall–Kier alpha value is -1.10. The first kappa shape index (κ1) is 15.9. The number of nitrogens with zero attached hydrogens (tertiary/aromatic N) is 1. The van der Waals surface area contributed by atoms with Crippen LogP contribution in [0, 0.1) is 0 Å². The molecule has 1 amide bonds. The SMILES string of the molecule is CC(O)CCC(=O)N(C)C.CC1CCC(=O)O1. The van der Waals surface area contributed by atoms with Crippen molar-refractivity contribution in [3.8, 4) is 0 Å². The maximum absolute atomic E-state index is 10.9. The average Bonchev–Trinajstić information content (AvgIpc) is 2.59. The number of cyclic esters (lactones) is 1. The summed E-state index contributed by atoms with van der Waals surface area (Å²) in [5, 5.41) is 8.81. The zero-order valence-corrected chi connectivity index (χ0v) is 11.1. The van der Waals surface area contributed by atoms with Crippen LogP contribution < -0.4 is 0 Å². The van der Waals surface area contributed by atoms with E-state index < -0.39 is 0 Å². The Bertz CT molecular complexity index is 251. The molecule has 17 heavy (non-hydrogen) atoms. The van der Waals surface area contributed by atoms with Crippen LogP contribution in [0.1, 0.15) is 39.5 Å². The van der Waals surface area contributed by atoms with E-state index in [4.69, 9.17) is 9.84 Å². The standard InChI is InChI=1S/C7H15NO2.C5H8O2/c1-6(9)4-5-7(10)8(2)3;1-4-2-3-5(6)7-4/h6,9H,4-5H2,1-3H3;4H,2-3H2,1H3. The first-order chi connectivity index (χ1) is 7.82. The molecule has 1 N–H and O–H groups in total. The molecule has 0 bridgehead atoms. The van der Waals surface area contributed by atoms with Crippen LogP contribution in [-0.2, 0) is 14.3 Å². The monoisotopic (exact) mass is 245 g/mol. The number of carbonyl (C=O) groups excluding carboxylic acids is 2. The molecule has 5 nitrogen and oxygen atoms in total. The second kappa shape index (κ2) is 8.06. The molecule has 2 atom stereocenters. The van der Waals surface area contributed by atoms with E-state index in [0.717, 1.165) is 6.42 Å². The van der Waals surface area contributed by atoms with Crippen molar-refractivity contribution in [3.05, 3.63) is 0 Å². The fourth-order valence-electron chi connectivity index (χ4n) is 1.22. The second-order valence-corrected chi connectivity index (χ2v) is 4.52. The highest BCUT2D eigenvalue weighted by molar-refractivity contribution is 5.75. The van der Waals surface area contributed by atoms with Gasteiger partial charge in [-0.15, -0.1) is 0 Å². The van der Waals surface area contributed by atoms with Gasteiger partial charge in [0.15, 0.2) is 0 Å². The molecule has 0 aliphatic carbocycles. The minimum absolute atomic E-state index is 0.0486. The summed E-state index contributed by atoms with van der Waals surface area (Å²) in [5.74, 6) is 0.0217. The van der Waals surface area contributed by atoms with Crippen molar-refractivity contribution in [2.24, 2.45) is 0 Å². The molecule has 1 fully saturated rings. The van der Waals surface area contributed by atoms with Gasteiger partial charge in [0, 0.05) is 26.9 Å². The molecular weight excluding hydrogens is 222 g/mol. The molecule has 0 radical (unpaired) electrons. The third kappa shape index (κ3) is 8.68. The Morgan fingerprint density at radius 3 is 2.41 bits per heavy atom. The molecule has 0 aromatic carbocycles. The minimum Gasteiger partial charge on any atom is -0.463 e. The average molecular weight is 245 g/mol. The van der Waals surface area contributed by atoms with Gasteiger partial charge in [-0.2, -0.15) is 0 Å². The van der Waals surface area contributed by atoms with Crippen LogP contribution in [0.2, 0.25) is 0 Å². The number of aliphatic hydroxyl groups excluding tert-OH is 1. The third-order valence-corrected chi connectivity index (χ3v) is 2.36. The zero-order chi connectivity index (χ0) is 13.4. The molecule has 1 heterocycles. The van der Waals surface area contributed by atoms with Crippen LogP contribution in [0.25, 0.3) is 0 Å². The lowest BCUT2D eigenvalue weighted by molar-refractivity contribution is -0.140. The molecule has 0 saturated carbocycles. The summed E-state index contributed by atoms with van der Waals surface area (Å²) in [6, 6.07) is 0. The fraction of sp³-hybridized carbons (Fsp3) is 0.833. The molecule has 5 heteroatoms. The van der Waals surface area contributed by atoms with E-state index in [2.05, 4.69) is 0 Å². The van der Waals surface area contributed by atoms with Crippen molar-refractivity contribution in [1.29, 1.82) is 0 Å². The molecule has 100 valence electrons. The van der Waals surface area contributed by atoms with Crippen LogP contribution in [-0.4, -0.2) is 48.2 Å². The highest BCUT2D eigenvalue weighted by Gasteiger charge is 2.17. The normalized spacial score (nSPS) is 20.1. The molecule has 1 aliphatic rings. The summed E-state index contributed by atoms with van der Waals surface area (Å²) < 4.78 is 4.72. The summed E-state index contributed by atoms with van der Waals surface area (Å²) in [4.78, 5) is 22.6. The van der Waals surface area contributed by atoms with Gasteiger partial charge < -0.3 is 14.7 Å². The topological polar surface area (TPSA) is 66.8 Å². The Balaban J connectivity index is 0.000000318. The van der Waals surface area contributed by atoms with Crippen LogP contribution >= 0.6 is 0 Å². The van der Waals surface area contributed by atoms with Crippen molar-refractivity contribution < 1.29 is 19.4 Å². The van der Waals surface area contributed by atoms with Crippen molar-refractivity contribution in [2.45, 2.75) is 51.7 Å². The van der Waals surface area contributed by atoms with Crippen LogP contribution in [0.5, 0.6) is 0 Å². The number of hydrogen-bond donors (Lipinski definition) is 1. The van der Waals surface area contributed by atoms with E-state index in [9.17, 15) is 9.59 Å². The van der Waals surface area contributed by atoms with E-state index in [1.165, 1.54) is 4.90 Å². The summed E-state index contributed by atoms with van der Waals surface area (Å²) in [7, 11) is 3.43. The Kier molecular flexibility index (Phi) is 7.54. The number of rotatable bonds is 3. The molecule has 0 aromatic heterocycles. The molecule has 2 unspecified atom stereocenters. The lowest BCUT2D eigenvalue weighted by atomic mass is 10.2. The molecule has 1 aliphatic heterocycles. The van der Waals surface area contributed by atoms with Gasteiger partial charge in [-0.3, -0.25) is 9.59 Å².